The zero-order chi connectivity index (χ0) is 13.1. The fourth-order valence-electron chi connectivity index (χ4n) is 1.96. The lowest BCUT2D eigenvalue weighted by atomic mass is 10.3. The number of anilines is 1. The predicted octanol–water partition coefficient (Wildman–Crippen LogP) is 2.24. The minimum absolute atomic E-state index is 0. The van der Waals surface area contributed by atoms with E-state index in [1.54, 1.807) is 10.9 Å². The fraction of sp³-hybridized carbons (Fsp3) is 0.500. The van der Waals surface area contributed by atoms with Crippen LogP contribution in [0.5, 0.6) is 0 Å². The van der Waals surface area contributed by atoms with Crippen molar-refractivity contribution < 1.29 is 4.39 Å². The fourth-order valence-corrected chi connectivity index (χ4v) is 1.96. The molecule has 0 amide bonds. The molecule has 2 heterocycles. The first-order chi connectivity index (χ1) is 8.61. The van der Waals surface area contributed by atoms with Gasteiger partial charge in [-0.1, -0.05) is 0 Å². The van der Waals surface area contributed by atoms with Crippen molar-refractivity contribution in [1.29, 1.82) is 0 Å². The van der Waals surface area contributed by atoms with Gasteiger partial charge in [-0.25, -0.2) is 9.07 Å². The summed E-state index contributed by atoms with van der Waals surface area (Å²) in [7, 11) is 1.91. The molecule has 0 fully saturated rings. The molecule has 0 saturated heterocycles. The van der Waals surface area contributed by atoms with Gasteiger partial charge in [0.2, 0.25) is 0 Å². The molecule has 0 saturated carbocycles. The summed E-state index contributed by atoms with van der Waals surface area (Å²) >= 11 is 0. The third-order valence-corrected chi connectivity index (χ3v) is 2.85. The van der Waals surface area contributed by atoms with Gasteiger partial charge in [0.25, 0.3) is 0 Å². The van der Waals surface area contributed by atoms with Crippen LogP contribution < -0.4 is 5.32 Å². The summed E-state index contributed by atoms with van der Waals surface area (Å²) in [4.78, 5) is 0. The van der Waals surface area contributed by atoms with Crippen molar-refractivity contribution in [3.05, 3.63) is 29.2 Å². The highest BCUT2D eigenvalue weighted by molar-refractivity contribution is 5.85. The average Bonchev–Trinajstić information content (AvgIpc) is 2.81. The Morgan fingerprint density at radius 2 is 2.11 bits per heavy atom. The standard InChI is InChI=1S/C12H18FN5.ClH/c1-9-7-15-18(5-4-13)12(9)14-8-11-6-10(2)16-17(11)3;/h6-7,14H,4-5,8H2,1-3H3;1H. The minimum atomic E-state index is -0.416. The monoisotopic (exact) mass is 287 g/mol. The van der Waals surface area contributed by atoms with Gasteiger partial charge in [-0.2, -0.15) is 10.2 Å². The Kier molecular flexibility index (Phi) is 5.35. The summed E-state index contributed by atoms with van der Waals surface area (Å²) in [6.45, 7) is 4.43. The van der Waals surface area contributed by atoms with Crippen LogP contribution in [0.15, 0.2) is 12.3 Å². The molecule has 5 nitrogen and oxygen atoms in total. The van der Waals surface area contributed by atoms with Gasteiger partial charge in [0.15, 0.2) is 0 Å². The molecule has 1 N–H and O–H groups in total. The lowest BCUT2D eigenvalue weighted by molar-refractivity contribution is 0.429. The molecule has 0 aromatic carbocycles. The van der Waals surface area contributed by atoms with Gasteiger partial charge in [0.1, 0.15) is 12.5 Å². The second-order valence-corrected chi connectivity index (χ2v) is 4.34. The molecule has 0 radical (unpaired) electrons. The first kappa shape index (κ1) is 15.5. The number of aryl methyl sites for hydroxylation is 4. The Morgan fingerprint density at radius 1 is 1.37 bits per heavy atom. The van der Waals surface area contributed by atoms with E-state index in [9.17, 15) is 4.39 Å². The Balaban J connectivity index is 0.00000180. The first-order valence-corrected chi connectivity index (χ1v) is 5.93. The Hall–Kier alpha value is -1.56. The molecular weight excluding hydrogens is 269 g/mol. The van der Waals surface area contributed by atoms with E-state index in [0.717, 1.165) is 22.8 Å². The zero-order valence-corrected chi connectivity index (χ0v) is 12.2. The molecule has 0 spiro atoms. The number of hydrogen-bond acceptors (Lipinski definition) is 3. The van der Waals surface area contributed by atoms with Crippen molar-refractivity contribution in [2.75, 3.05) is 12.0 Å². The van der Waals surface area contributed by atoms with Crippen LogP contribution in [0.4, 0.5) is 10.2 Å². The Morgan fingerprint density at radius 3 is 2.68 bits per heavy atom. The summed E-state index contributed by atoms with van der Waals surface area (Å²) in [5, 5.41) is 11.7. The van der Waals surface area contributed by atoms with E-state index in [0.29, 0.717) is 6.54 Å². The molecule has 2 aromatic rings. The van der Waals surface area contributed by atoms with E-state index in [1.807, 2.05) is 31.6 Å². The molecule has 2 rings (SSSR count). The maximum absolute atomic E-state index is 12.4. The van der Waals surface area contributed by atoms with E-state index in [4.69, 9.17) is 0 Å². The summed E-state index contributed by atoms with van der Waals surface area (Å²) < 4.78 is 15.9. The van der Waals surface area contributed by atoms with Crippen LogP contribution in [0, 0.1) is 13.8 Å². The highest BCUT2D eigenvalue weighted by atomic mass is 35.5. The van der Waals surface area contributed by atoms with Crippen LogP contribution in [-0.2, 0) is 20.1 Å². The number of aromatic nitrogens is 4. The van der Waals surface area contributed by atoms with Gasteiger partial charge in [0.05, 0.1) is 30.7 Å². The maximum Gasteiger partial charge on any atom is 0.127 e. The van der Waals surface area contributed by atoms with Crippen LogP contribution in [0.2, 0.25) is 0 Å². The van der Waals surface area contributed by atoms with E-state index >= 15 is 0 Å². The summed E-state index contributed by atoms with van der Waals surface area (Å²) in [5.74, 6) is 0.867. The van der Waals surface area contributed by atoms with Crippen molar-refractivity contribution in [2.24, 2.45) is 7.05 Å². The normalized spacial score (nSPS) is 10.3. The zero-order valence-electron chi connectivity index (χ0n) is 11.4. The molecule has 0 aliphatic heterocycles. The molecule has 7 heteroatoms. The quantitative estimate of drug-likeness (QED) is 0.917. The van der Waals surface area contributed by atoms with Crippen molar-refractivity contribution in [3.63, 3.8) is 0 Å². The molecule has 0 aliphatic rings. The van der Waals surface area contributed by atoms with Crippen molar-refractivity contribution >= 4 is 18.2 Å². The Labute approximate surface area is 118 Å². The summed E-state index contributed by atoms with van der Waals surface area (Å²) in [6, 6.07) is 2.03. The van der Waals surface area contributed by atoms with Crippen molar-refractivity contribution in [1.82, 2.24) is 19.6 Å². The largest absolute Gasteiger partial charge is 0.364 e. The van der Waals surface area contributed by atoms with Gasteiger partial charge < -0.3 is 5.32 Å². The Bertz CT molecular complexity index is 534. The van der Waals surface area contributed by atoms with E-state index in [-0.39, 0.29) is 19.0 Å². The summed E-state index contributed by atoms with van der Waals surface area (Å²) in [5.41, 5.74) is 3.09. The molecule has 0 atom stereocenters. The van der Waals surface area contributed by atoms with Crippen molar-refractivity contribution in [3.8, 4) is 0 Å². The van der Waals surface area contributed by atoms with Crippen LogP contribution in [0.1, 0.15) is 17.0 Å². The van der Waals surface area contributed by atoms with Crippen molar-refractivity contribution in [2.45, 2.75) is 26.9 Å². The third-order valence-electron chi connectivity index (χ3n) is 2.85. The first-order valence-electron chi connectivity index (χ1n) is 5.93. The lowest BCUT2D eigenvalue weighted by Gasteiger charge is -2.10. The SMILES string of the molecule is Cc1cc(CNc2c(C)cnn2CCF)n(C)n1.Cl. The van der Waals surface area contributed by atoms with Crippen LogP contribution >= 0.6 is 12.4 Å². The lowest BCUT2D eigenvalue weighted by Crippen LogP contribution is -2.11. The van der Waals surface area contributed by atoms with Crippen LogP contribution in [0.25, 0.3) is 0 Å². The molecule has 19 heavy (non-hydrogen) atoms. The highest BCUT2D eigenvalue weighted by Crippen LogP contribution is 2.15. The number of halogens is 2. The second kappa shape index (κ2) is 6.56. The molecule has 0 bridgehead atoms. The third kappa shape index (κ3) is 3.47. The predicted molar refractivity (Wildman–Crippen MR) is 75.5 cm³/mol. The topological polar surface area (TPSA) is 47.7 Å². The molecule has 0 unspecified atom stereocenters. The van der Waals surface area contributed by atoms with Gasteiger partial charge in [-0.3, -0.25) is 4.68 Å². The van der Waals surface area contributed by atoms with Crippen LogP contribution in [0.3, 0.4) is 0 Å². The van der Waals surface area contributed by atoms with Gasteiger partial charge in [-0.05, 0) is 19.9 Å². The number of alkyl halides is 1. The number of nitrogens with zero attached hydrogens (tertiary/aromatic N) is 4. The van der Waals surface area contributed by atoms with Gasteiger partial charge >= 0.3 is 0 Å². The average molecular weight is 288 g/mol. The minimum Gasteiger partial charge on any atom is -0.364 e. The maximum atomic E-state index is 12.4. The van der Waals surface area contributed by atoms with Gasteiger partial charge in [-0.15, -0.1) is 12.4 Å². The number of hydrogen-bond donors (Lipinski definition) is 1. The number of nitrogens with one attached hydrogen (secondary N) is 1. The second-order valence-electron chi connectivity index (χ2n) is 4.34. The van der Waals surface area contributed by atoms with Gasteiger partial charge in [0, 0.05) is 12.6 Å². The van der Waals surface area contributed by atoms with E-state index in [1.165, 1.54) is 0 Å². The molecular formula is C12H19ClFN5. The van der Waals surface area contributed by atoms with Crippen LogP contribution in [-0.4, -0.2) is 26.2 Å². The molecule has 0 aliphatic carbocycles. The smallest absolute Gasteiger partial charge is 0.127 e. The molecule has 106 valence electrons. The molecule has 2 aromatic heterocycles. The summed E-state index contributed by atoms with van der Waals surface area (Å²) in [6.07, 6.45) is 1.74. The van der Waals surface area contributed by atoms with E-state index < -0.39 is 6.67 Å². The van der Waals surface area contributed by atoms with E-state index in [2.05, 4.69) is 15.5 Å². The number of rotatable bonds is 5. The highest BCUT2D eigenvalue weighted by Gasteiger charge is 2.08.